The number of rotatable bonds is 21. The van der Waals surface area contributed by atoms with E-state index in [-0.39, 0.29) is 18.8 Å². The molecule has 0 fully saturated rings. The van der Waals surface area contributed by atoms with Crippen molar-refractivity contribution >= 4 is 87.0 Å². The minimum Gasteiger partial charge on any atom is -0.303 e. The zero-order valence-corrected chi connectivity index (χ0v) is 31.2. The van der Waals surface area contributed by atoms with E-state index in [1.807, 2.05) is 42.5 Å². The third kappa shape index (κ3) is 11.1. The molecule has 0 spiro atoms. The van der Waals surface area contributed by atoms with Gasteiger partial charge in [0.1, 0.15) is 0 Å². The molecule has 51 heavy (non-hydrogen) atoms. The van der Waals surface area contributed by atoms with Gasteiger partial charge in [0.15, 0.2) is 0 Å². The zero-order chi connectivity index (χ0) is 36.9. The lowest BCUT2D eigenvalue weighted by Crippen LogP contribution is -2.19. The van der Waals surface area contributed by atoms with E-state index >= 15 is 0 Å². The van der Waals surface area contributed by atoms with Crippen molar-refractivity contribution in [1.29, 1.82) is 0 Å². The molecule has 5 aromatic rings. The first-order valence-electron chi connectivity index (χ1n) is 15.3. The summed E-state index contributed by atoms with van der Waals surface area (Å²) in [6.07, 6.45) is 0.136. The highest BCUT2D eigenvalue weighted by Gasteiger charge is 2.28. The lowest BCUT2D eigenvalue weighted by molar-refractivity contribution is 0.0790. The van der Waals surface area contributed by atoms with Gasteiger partial charge in [0, 0.05) is 11.7 Å². The number of hydrogen-bond acceptors (Lipinski definition) is 12. The van der Waals surface area contributed by atoms with E-state index < -0.39 is 76.8 Å². The molecule has 0 heterocycles. The van der Waals surface area contributed by atoms with Crippen LogP contribution < -0.4 is 0 Å². The summed E-state index contributed by atoms with van der Waals surface area (Å²) < 4.78 is 80.9. The normalized spacial score (nSPS) is 16.8. The standard InChI is InChI=1S/C30H36O16P4S/c31-47(32,33)45-19-21(20-46-50(38,39)43-15-14-41-48(34,35)40-12-13-42-49(36,37)44-16-17-51)18-23-10-11-28-26-8-2-5-22-4-1-7-25(29(22)26)27-9-3-6-24(23)30(27)28/h1-11,21,51H,12-20H2,(H,34,35)(H,36,37)(H,38,39)(H2,31,32,33). The molecule has 0 bridgehead atoms. The molecular formula is C30H36O16P4S. The summed E-state index contributed by atoms with van der Waals surface area (Å²) in [4.78, 5) is 48.2. The highest BCUT2D eigenvalue weighted by molar-refractivity contribution is 7.80. The molecule has 5 N–H and O–H groups in total. The van der Waals surface area contributed by atoms with Crippen molar-refractivity contribution in [2.24, 2.45) is 5.92 Å². The molecule has 21 heteroatoms. The fourth-order valence-corrected chi connectivity index (χ4v) is 8.45. The van der Waals surface area contributed by atoms with Crippen molar-refractivity contribution < 1.29 is 74.4 Å². The van der Waals surface area contributed by atoms with Crippen LogP contribution in [0, 0.1) is 5.92 Å². The van der Waals surface area contributed by atoms with E-state index in [4.69, 9.17) is 13.6 Å². The number of thiol groups is 1. The lowest BCUT2D eigenvalue weighted by atomic mass is 9.87. The van der Waals surface area contributed by atoms with E-state index in [1.54, 1.807) is 0 Å². The topological polar surface area (TPSA) is 234 Å². The Hall–Kier alpha value is -1.81. The third-order valence-electron chi connectivity index (χ3n) is 7.61. The summed E-state index contributed by atoms with van der Waals surface area (Å²) in [5, 5.41) is 8.34. The maximum atomic E-state index is 12.6. The highest BCUT2D eigenvalue weighted by atomic mass is 32.1. The van der Waals surface area contributed by atoms with Crippen LogP contribution in [0.25, 0.3) is 43.1 Å². The number of benzene rings is 5. The van der Waals surface area contributed by atoms with Gasteiger partial charge in [0.05, 0.1) is 46.2 Å². The summed E-state index contributed by atoms with van der Waals surface area (Å²) in [5.41, 5.74) is 0.781. The molecule has 4 unspecified atom stereocenters. The molecule has 4 atom stereocenters. The summed E-state index contributed by atoms with van der Waals surface area (Å²) in [7, 11) is -18.8. The Kier molecular flexibility index (Phi) is 13.5. The van der Waals surface area contributed by atoms with Gasteiger partial charge in [0.2, 0.25) is 0 Å². The van der Waals surface area contributed by atoms with Gasteiger partial charge < -0.3 is 24.5 Å². The Balaban J connectivity index is 1.21. The number of phosphoric acid groups is 4. The Morgan fingerprint density at radius 1 is 0.510 bits per heavy atom. The molecule has 5 aromatic carbocycles. The van der Waals surface area contributed by atoms with Crippen molar-refractivity contribution in [3.63, 3.8) is 0 Å². The molecule has 16 nitrogen and oxygen atoms in total. The SMILES string of the molecule is O=P(O)(O)OCC(COP(=O)(O)OCCOP(=O)(O)OCCOP(=O)(O)OCCS)Cc1ccc2c3cccc4cccc(c5cccc1c52)c43. The van der Waals surface area contributed by atoms with Gasteiger partial charge in [-0.2, -0.15) is 12.6 Å². The molecule has 5 rings (SSSR count). The van der Waals surface area contributed by atoms with Gasteiger partial charge in [-0.15, -0.1) is 0 Å². The van der Waals surface area contributed by atoms with Gasteiger partial charge in [-0.05, 0) is 55.1 Å². The third-order valence-corrected chi connectivity index (χ3v) is 11.3. The summed E-state index contributed by atoms with van der Waals surface area (Å²) in [6, 6.07) is 22.0. The lowest BCUT2D eigenvalue weighted by Gasteiger charge is -2.21. The van der Waals surface area contributed by atoms with Crippen molar-refractivity contribution in [2.75, 3.05) is 52.0 Å². The smallest absolute Gasteiger partial charge is 0.303 e. The van der Waals surface area contributed by atoms with Gasteiger partial charge in [-0.1, -0.05) is 66.7 Å². The Labute approximate surface area is 297 Å². The van der Waals surface area contributed by atoms with Crippen LogP contribution in [0.3, 0.4) is 0 Å². The highest BCUT2D eigenvalue weighted by Crippen LogP contribution is 2.48. The molecule has 0 saturated carbocycles. The summed E-state index contributed by atoms with van der Waals surface area (Å²) in [5.74, 6) is -0.676. The average molecular weight is 809 g/mol. The molecule has 0 aromatic heterocycles. The molecule has 0 aliphatic carbocycles. The van der Waals surface area contributed by atoms with Crippen LogP contribution in [-0.4, -0.2) is 76.5 Å². The second-order valence-electron chi connectivity index (χ2n) is 11.2. The first kappa shape index (κ1) is 40.4. The van der Waals surface area contributed by atoms with Crippen LogP contribution in [0.15, 0.2) is 66.7 Å². The van der Waals surface area contributed by atoms with E-state index in [9.17, 15) is 42.7 Å². The van der Waals surface area contributed by atoms with Gasteiger partial charge in [-0.25, -0.2) is 18.3 Å². The predicted molar refractivity (Wildman–Crippen MR) is 192 cm³/mol. The van der Waals surface area contributed by atoms with Gasteiger partial charge in [-0.3, -0.25) is 31.7 Å². The van der Waals surface area contributed by atoms with Crippen molar-refractivity contribution in [1.82, 2.24) is 0 Å². The summed E-state index contributed by atoms with van der Waals surface area (Å²) >= 11 is 3.82. The minimum absolute atomic E-state index is 0.136. The van der Waals surface area contributed by atoms with E-state index in [2.05, 4.69) is 55.0 Å². The maximum absolute atomic E-state index is 12.6. The first-order valence-corrected chi connectivity index (χ1v) is 22.0. The Morgan fingerprint density at radius 3 is 1.47 bits per heavy atom. The largest absolute Gasteiger partial charge is 0.472 e. The average Bonchev–Trinajstić information content (AvgIpc) is 3.08. The molecule has 0 aliphatic rings. The van der Waals surface area contributed by atoms with Gasteiger partial charge in [0.25, 0.3) is 0 Å². The van der Waals surface area contributed by atoms with Crippen LogP contribution in [0.1, 0.15) is 5.56 Å². The van der Waals surface area contributed by atoms with Crippen LogP contribution in [0.4, 0.5) is 0 Å². The first-order chi connectivity index (χ1) is 24.1. The van der Waals surface area contributed by atoms with E-state index in [0.717, 1.165) is 48.7 Å². The monoisotopic (exact) mass is 808 g/mol. The number of hydrogen-bond donors (Lipinski definition) is 6. The summed E-state index contributed by atoms with van der Waals surface area (Å²) in [6.45, 7) is -3.84. The van der Waals surface area contributed by atoms with Crippen molar-refractivity contribution in [3.05, 3.63) is 72.3 Å². The molecule has 0 radical (unpaired) electrons. The van der Waals surface area contributed by atoms with Gasteiger partial charge >= 0.3 is 31.3 Å². The molecule has 0 saturated heterocycles. The predicted octanol–water partition coefficient (Wildman–Crippen LogP) is 6.34. The molecular weight excluding hydrogens is 772 g/mol. The Bertz CT molecular complexity index is 2110. The zero-order valence-electron chi connectivity index (χ0n) is 26.8. The molecule has 0 aliphatic heterocycles. The molecule has 278 valence electrons. The molecule has 0 amide bonds. The second-order valence-corrected chi connectivity index (χ2v) is 17.2. The Morgan fingerprint density at radius 2 is 0.941 bits per heavy atom. The van der Waals surface area contributed by atoms with E-state index in [0.29, 0.717) is 0 Å². The number of phosphoric ester groups is 4. The minimum atomic E-state index is -4.91. The quantitative estimate of drug-likeness (QED) is 0.0156. The van der Waals surface area contributed by atoms with E-state index in [1.165, 1.54) is 0 Å². The fraction of sp³-hybridized carbons (Fsp3) is 0.333. The second kappa shape index (κ2) is 17.1. The number of fused-ring (bicyclic) bond motifs is 2. The maximum Gasteiger partial charge on any atom is 0.472 e. The van der Waals surface area contributed by atoms with Crippen LogP contribution >= 0.6 is 43.9 Å². The van der Waals surface area contributed by atoms with Crippen molar-refractivity contribution in [3.8, 4) is 0 Å². The van der Waals surface area contributed by atoms with Crippen molar-refractivity contribution in [2.45, 2.75) is 6.42 Å². The van der Waals surface area contributed by atoms with Crippen LogP contribution in [0.5, 0.6) is 0 Å². The van der Waals surface area contributed by atoms with Crippen LogP contribution in [0.2, 0.25) is 0 Å². The fourth-order valence-electron chi connectivity index (χ4n) is 5.64. The van der Waals surface area contributed by atoms with Crippen LogP contribution in [-0.2, 0) is 56.3 Å².